The molecule has 1 atom stereocenters. The van der Waals surface area contributed by atoms with E-state index in [-0.39, 0.29) is 17.9 Å². The number of nitrogens with zero attached hydrogens (tertiary/aromatic N) is 3. The summed E-state index contributed by atoms with van der Waals surface area (Å²) in [6.45, 7) is 2.00. The molecule has 0 saturated carbocycles. The number of aromatic nitrogens is 1. The first kappa shape index (κ1) is 23.4. The van der Waals surface area contributed by atoms with Gasteiger partial charge >= 0.3 is 0 Å². The van der Waals surface area contributed by atoms with Crippen LogP contribution >= 0.6 is 0 Å². The highest BCUT2D eigenvalue weighted by molar-refractivity contribution is 5.84. The molecule has 1 aromatic heterocycles. The molecule has 0 N–H and O–H groups in total. The normalized spacial score (nSPS) is 20.3. The number of carbonyl (C=O) groups is 2. The smallest absolute Gasteiger partial charge is 0.228 e. The van der Waals surface area contributed by atoms with E-state index in [0.717, 1.165) is 42.6 Å². The number of amides is 2. The van der Waals surface area contributed by atoms with Gasteiger partial charge in [0.2, 0.25) is 11.8 Å². The molecule has 6 nitrogen and oxygen atoms in total. The molecule has 2 aliphatic heterocycles. The maximum absolute atomic E-state index is 13.4. The molecule has 2 aliphatic rings. The Labute approximate surface area is 196 Å². The van der Waals surface area contributed by atoms with Crippen LogP contribution in [0.3, 0.4) is 0 Å². The van der Waals surface area contributed by atoms with Gasteiger partial charge in [-0.1, -0.05) is 30.3 Å². The largest absolute Gasteiger partial charge is 0.378 e. The fourth-order valence-electron chi connectivity index (χ4n) is 5.20. The number of benzene rings is 1. The van der Waals surface area contributed by atoms with Crippen molar-refractivity contribution in [1.29, 1.82) is 0 Å². The molecular formula is C27H35N3O3. The Morgan fingerprint density at radius 3 is 2.58 bits per heavy atom. The SMILES string of the molecule is CN(C)C(=O)C1(Cc2cccc(-c3cccnc3)c2)CCN(C(=O)CC2CCCCO2)CC1. The van der Waals surface area contributed by atoms with Crippen molar-refractivity contribution < 1.29 is 14.3 Å². The molecule has 0 aliphatic carbocycles. The fraction of sp³-hybridized carbons (Fsp3) is 0.519. The van der Waals surface area contributed by atoms with E-state index in [4.69, 9.17) is 4.74 Å². The Hall–Kier alpha value is -2.73. The minimum absolute atomic E-state index is 0.0524. The minimum Gasteiger partial charge on any atom is -0.378 e. The zero-order valence-electron chi connectivity index (χ0n) is 19.8. The molecule has 176 valence electrons. The van der Waals surface area contributed by atoms with E-state index in [2.05, 4.69) is 23.2 Å². The van der Waals surface area contributed by atoms with Crippen LogP contribution in [-0.2, 0) is 20.7 Å². The van der Waals surface area contributed by atoms with Gasteiger partial charge in [-0.3, -0.25) is 14.6 Å². The Kier molecular flexibility index (Phi) is 7.43. The summed E-state index contributed by atoms with van der Waals surface area (Å²) in [5, 5.41) is 0. The fourth-order valence-corrected chi connectivity index (χ4v) is 5.20. The molecule has 4 rings (SSSR count). The summed E-state index contributed by atoms with van der Waals surface area (Å²) >= 11 is 0. The van der Waals surface area contributed by atoms with Crippen LogP contribution in [0.25, 0.3) is 11.1 Å². The van der Waals surface area contributed by atoms with Gasteiger partial charge in [0.25, 0.3) is 0 Å². The van der Waals surface area contributed by atoms with Crippen LogP contribution in [0, 0.1) is 5.41 Å². The predicted octanol–water partition coefficient (Wildman–Crippen LogP) is 3.95. The second-order valence-electron chi connectivity index (χ2n) is 9.67. The van der Waals surface area contributed by atoms with Crippen molar-refractivity contribution in [1.82, 2.24) is 14.8 Å². The molecule has 0 bridgehead atoms. The van der Waals surface area contributed by atoms with Gasteiger partial charge in [0.15, 0.2) is 0 Å². The van der Waals surface area contributed by atoms with Crippen LogP contribution < -0.4 is 0 Å². The summed E-state index contributed by atoms with van der Waals surface area (Å²) in [5.74, 6) is 0.309. The summed E-state index contributed by atoms with van der Waals surface area (Å²) in [6.07, 6.45) is 9.37. The molecule has 1 unspecified atom stereocenters. The Morgan fingerprint density at radius 1 is 1.12 bits per heavy atom. The summed E-state index contributed by atoms with van der Waals surface area (Å²) in [4.78, 5) is 34.1. The second kappa shape index (κ2) is 10.5. The first-order valence-corrected chi connectivity index (χ1v) is 12.1. The van der Waals surface area contributed by atoms with Gasteiger partial charge in [0, 0.05) is 46.2 Å². The number of piperidine rings is 1. The lowest BCUT2D eigenvalue weighted by atomic mass is 9.72. The minimum atomic E-state index is -0.491. The lowest BCUT2D eigenvalue weighted by Crippen LogP contribution is -2.51. The molecule has 6 heteroatoms. The average Bonchev–Trinajstić information content (AvgIpc) is 2.85. The van der Waals surface area contributed by atoms with Crippen LogP contribution in [0.2, 0.25) is 0 Å². The highest BCUT2D eigenvalue weighted by Crippen LogP contribution is 2.38. The zero-order valence-corrected chi connectivity index (χ0v) is 19.8. The van der Waals surface area contributed by atoms with E-state index in [1.807, 2.05) is 43.4 Å². The van der Waals surface area contributed by atoms with Crippen molar-refractivity contribution in [2.75, 3.05) is 33.8 Å². The highest BCUT2D eigenvalue weighted by Gasteiger charge is 2.43. The monoisotopic (exact) mass is 449 g/mol. The van der Waals surface area contributed by atoms with Crippen molar-refractivity contribution in [3.8, 4) is 11.1 Å². The lowest BCUT2D eigenvalue weighted by Gasteiger charge is -2.42. The van der Waals surface area contributed by atoms with E-state index < -0.39 is 5.41 Å². The highest BCUT2D eigenvalue weighted by atomic mass is 16.5. The maximum Gasteiger partial charge on any atom is 0.228 e. The van der Waals surface area contributed by atoms with Gasteiger partial charge < -0.3 is 14.5 Å². The maximum atomic E-state index is 13.4. The summed E-state index contributed by atoms with van der Waals surface area (Å²) in [5.41, 5.74) is 2.82. The van der Waals surface area contributed by atoms with Gasteiger partial charge in [-0.25, -0.2) is 0 Å². The van der Waals surface area contributed by atoms with Gasteiger partial charge in [-0.2, -0.15) is 0 Å². The quantitative estimate of drug-likeness (QED) is 0.670. The standard InChI is InChI=1S/C27H35N3O3/c1-29(2)26(32)27(19-21-7-5-8-22(17-21)23-9-6-13-28-20-23)11-14-30(15-12-27)25(31)18-24-10-3-4-16-33-24/h5-9,13,17,20,24H,3-4,10-12,14-16,18-19H2,1-2H3. The van der Waals surface area contributed by atoms with Crippen molar-refractivity contribution >= 4 is 11.8 Å². The number of likely N-dealkylation sites (tertiary alicyclic amines) is 1. The number of hydrogen-bond donors (Lipinski definition) is 0. The molecule has 2 amide bonds. The third-order valence-corrected chi connectivity index (χ3v) is 7.07. The summed E-state index contributed by atoms with van der Waals surface area (Å²) in [6, 6.07) is 12.4. The van der Waals surface area contributed by atoms with E-state index >= 15 is 0 Å². The number of hydrogen-bond acceptors (Lipinski definition) is 4. The first-order valence-electron chi connectivity index (χ1n) is 12.1. The van der Waals surface area contributed by atoms with Crippen molar-refractivity contribution in [2.24, 2.45) is 5.41 Å². The molecule has 2 fully saturated rings. The third-order valence-electron chi connectivity index (χ3n) is 7.07. The average molecular weight is 450 g/mol. The zero-order chi connectivity index (χ0) is 23.3. The van der Waals surface area contributed by atoms with Crippen molar-refractivity contribution in [3.05, 3.63) is 54.4 Å². The number of ether oxygens (including phenoxy) is 1. The molecule has 33 heavy (non-hydrogen) atoms. The first-order chi connectivity index (χ1) is 16.0. The van der Waals surface area contributed by atoms with Crippen LogP contribution in [0.15, 0.2) is 48.8 Å². The second-order valence-corrected chi connectivity index (χ2v) is 9.67. The van der Waals surface area contributed by atoms with Crippen molar-refractivity contribution in [2.45, 2.75) is 51.0 Å². The number of rotatable bonds is 6. The van der Waals surface area contributed by atoms with E-state index in [9.17, 15) is 9.59 Å². The predicted molar refractivity (Wildman–Crippen MR) is 129 cm³/mol. The van der Waals surface area contributed by atoms with Gasteiger partial charge in [-0.15, -0.1) is 0 Å². The lowest BCUT2D eigenvalue weighted by molar-refractivity contribution is -0.147. The van der Waals surface area contributed by atoms with Crippen LogP contribution in [-0.4, -0.2) is 66.5 Å². The molecule has 2 aromatic rings. The van der Waals surface area contributed by atoms with Crippen LogP contribution in [0.4, 0.5) is 0 Å². The van der Waals surface area contributed by atoms with Gasteiger partial charge in [-0.05, 0) is 61.3 Å². The Morgan fingerprint density at radius 2 is 1.91 bits per heavy atom. The summed E-state index contributed by atoms with van der Waals surface area (Å²) < 4.78 is 5.76. The number of pyridine rings is 1. The van der Waals surface area contributed by atoms with Crippen molar-refractivity contribution in [3.63, 3.8) is 0 Å². The Bertz CT molecular complexity index is 946. The van der Waals surface area contributed by atoms with E-state index in [1.54, 1.807) is 11.1 Å². The van der Waals surface area contributed by atoms with Gasteiger partial charge in [0.1, 0.15) is 0 Å². The molecule has 0 spiro atoms. The van der Waals surface area contributed by atoms with E-state index in [0.29, 0.717) is 38.8 Å². The molecule has 3 heterocycles. The molecule has 1 aromatic carbocycles. The molecule has 0 radical (unpaired) electrons. The van der Waals surface area contributed by atoms with Crippen LogP contribution in [0.5, 0.6) is 0 Å². The van der Waals surface area contributed by atoms with Crippen LogP contribution in [0.1, 0.15) is 44.1 Å². The summed E-state index contributed by atoms with van der Waals surface area (Å²) in [7, 11) is 3.65. The van der Waals surface area contributed by atoms with E-state index in [1.165, 1.54) is 0 Å². The van der Waals surface area contributed by atoms with Gasteiger partial charge in [0.05, 0.1) is 17.9 Å². The number of carbonyl (C=O) groups excluding carboxylic acids is 2. The molecule has 2 saturated heterocycles. The molecular weight excluding hydrogens is 414 g/mol. The Balaban J connectivity index is 1.47. The third kappa shape index (κ3) is 5.61. The topological polar surface area (TPSA) is 62.7 Å².